The second-order valence-corrected chi connectivity index (χ2v) is 12.4. The molecule has 2 aliphatic carbocycles. The summed E-state index contributed by atoms with van der Waals surface area (Å²) >= 11 is 3.41. The van der Waals surface area contributed by atoms with E-state index in [0.29, 0.717) is 29.0 Å². The Kier molecular flexibility index (Phi) is 5.56. The van der Waals surface area contributed by atoms with Gasteiger partial charge in [-0.3, -0.25) is 9.55 Å². The highest BCUT2D eigenvalue weighted by molar-refractivity contribution is 7.98. The maximum atomic E-state index is 6.07. The normalized spacial score (nSPS) is 18.3. The fourth-order valence-corrected chi connectivity index (χ4v) is 6.61. The Morgan fingerprint density at radius 1 is 1.15 bits per heavy atom. The zero-order valence-electron chi connectivity index (χ0n) is 19.7. The van der Waals surface area contributed by atoms with Gasteiger partial charge in [0.05, 0.1) is 10.6 Å². The number of thioether (sulfide) groups is 1. The quantitative estimate of drug-likeness (QED) is 0.295. The van der Waals surface area contributed by atoms with Crippen LogP contribution in [0.25, 0.3) is 22.2 Å². The molecule has 0 aliphatic heterocycles. The van der Waals surface area contributed by atoms with Crippen LogP contribution < -0.4 is 0 Å². The molecular formula is C25H28N6OS2. The van der Waals surface area contributed by atoms with Crippen molar-refractivity contribution in [1.82, 2.24) is 29.9 Å². The lowest BCUT2D eigenvalue weighted by Gasteiger charge is -2.33. The average molecular weight is 493 g/mol. The lowest BCUT2D eigenvalue weighted by molar-refractivity contribution is 0.217. The zero-order chi connectivity index (χ0) is 23.3. The molecule has 4 aromatic rings. The first-order valence-corrected chi connectivity index (χ1v) is 13.7. The summed E-state index contributed by atoms with van der Waals surface area (Å²) in [7, 11) is 0. The van der Waals surface area contributed by atoms with Crippen LogP contribution in [0.4, 0.5) is 0 Å². The van der Waals surface area contributed by atoms with Gasteiger partial charge < -0.3 is 4.42 Å². The van der Waals surface area contributed by atoms with Crippen LogP contribution in [0.5, 0.6) is 0 Å². The number of fused-ring (bicyclic) bond motifs is 1. The predicted octanol–water partition coefficient (Wildman–Crippen LogP) is 6.23. The third-order valence-electron chi connectivity index (χ3n) is 6.81. The first-order valence-electron chi connectivity index (χ1n) is 11.9. The van der Waals surface area contributed by atoms with E-state index in [9.17, 15) is 0 Å². The Morgan fingerprint density at radius 2 is 2.03 bits per heavy atom. The average Bonchev–Trinajstić information content (AvgIpc) is 3.23. The molecule has 34 heavy (non-hydrogen) atoms. The van der Waals surface area contributed by atoms with Crippen molar-refractivity contribution in [3.05, 3.63) is 46.9 Å². The van der Waals surface area contributed by atoms with Gasteiger partial charge in [0.25, 0.3) is 5.89 Å². The lowest BCUT2D eigenvalue weighted by Crippen LogP contribution is -2.26. The van der Waals surface area contributed by atoms with Crippen LogP contribution in [0, 0.1) is 11.3 Å². The zero-order valence-corrected chi connectivity index (χ0v) is 21.3. The standard InChI is InChI=1S/C25H28N6OS2/c1-25(2,3)17-6-9-19-16(11-17)12-20(34-19)23-29-27-21(32-23)14-33-24-30-28-22(31(24)18-7-8-18)15-5-4-10-26-13-15/h4-5,10,12-13,17-18H,6-9,11,14H2,1-3H3/t17-/m0/s1. The van der Waals surface area contributed by atoms with Gasteiger partial charge in [0.1, 0.15) is 0 Å². The number of pyridine rings is 1. The van der Waals surface area contributed by atoms with Gasteiger partial charge in [-0.2, -0.15) is 0 Å². The van der Waals surface area contributed by atoms with Crippen LogP contribution in [0.15, 0.2) is 40.2 Å². The molecule has 4 heterocycles. The van der Waals surface area contributed by atoms with Crippen molar-refractivity contribution in [3.63, 3.8) is 0 Å². The molecule has 6 rings (SSSR count). The summed E-state index contributed by atoms with van der Waals surface area (Å²) in [5.41, 5.74) is 2.79. The van der Waals surface area contributed by atoms with E-state index >= 15 is 0 Å². The number of aryl methyl sites for hydroxylation is 1. The predicted molar refractivity (Wildman–Crippen MR) is 134 cm³/mol. The third-order valence-corrected chi connectivity index (χ3v) is 8.96. The Hall–Kier alpha value is -2.52. The smallest absolute Gasteiger partial charge is 0.257 e. The maximum absolute atomic E-state index is 6.07. The van der Waals surface area contributed by atoms with Gasteiger partial charge in [0.2, 0.25) is 5.89 Å². The van der Waals surface area contributed by atoms with Crippen molar-refractivity contribution < 1.29 is 4.42 Å². The van der Waals surface area contributed by atoms with Crippen LogP contribution in [0.3, 0.4) is 0 Å². The van der Waals surface area contributed by atoms with Crippen molar-refractivity contribution in [2.75, 3.05) is 0 Å². The summed E-state index contributed by atoms with van der Waals surface area (Å²) in [6, 6.07) is 6.69. The Balaban J connectivity index is 1.17. The molecule has 0 N–H and O–H groups in total. The summed E-state index contributed by atoms with van der Waals surface area (Å²) in [5.74, 6) is 3.41. The van der Waals surface area contributed by atoms with E-state index in [1.807, 2.05) is 29.7 Å². The minimum absolute atomic E-state index is 0.340. The van der Waals surface area contributed by atoms with E-state index in [1.54, 1.807) is 18.0 Å². The lowest BCUT2D eigenvalue weighted by atomic mass is 9.72. The molecule has 0 amide bonds. The van der Waals surface area contributed by atoms with Crippen LogP contribution in [0.2, 0.25) is 0 Å². The van der Waals surface area contributed by atoms with Gasteiger partial charge in [-0.25, -0.2) is 0 Å². The molecule has 1 saturated carbocycles. The second-order valence-electron chi connectivity index (χ2n) is 10.3. The molecule has 7 nitrogen and oxygen atoms in total. The summed E-state index contributed by atoms with van der Waals surface area (Å²) < 4.78 is 8.30. The minimum Gasteiger partial charge on any atom is -0.419 e. The maximum Gasteiger partial charge on any atom is 0.257 e. The van der Waals surface area contributed by atoms with E-state index in [0.717, 1.165) is 53.0 Å². The molecule has 2 aliphatic rings. The van der Waals surface area contributed by atoms with Crippen molar-refractivity contribution in [2.24, 2.45) is 11.3 Å². The molecule has 1 atom stereocenters. The minimum atomic E-state index is 0.340. The number of aromatic nitrogens is 6. The van der Waals surface area contributed by atoms with Crippen LogP contribution in [-0.4, -0.2) is 29.9 Å². The van der Waals surface area contributed by atoms with E-state index in [1.165, 1.54) is 16.9 Å². The SMILES string of the molecule is CC(C)(C)[C@H]1CCc2sc(-c3nnc(CSc4nnc(-c5cccnc5)n4C4CC4)o3)cc2C1. The number of rotatable bonds is 6. The number of nitrogens with zero attached hydrogens (tertiary/aromatic N) is 6. The second kappa shape index (κ2) is 8.61. The molecule has 0 bridgehead atoms. The fourth-order valence-electron chi connectivity index (χ4n) is 4.64. The number of hydrogen-bond donors (Lipinski definition) is 0. The van der Waals surface area contributed by atoms with Crippen molar-refractivity contribution >= 4 is 23.1 Å². The summed E-state index contributed by atoms with van der Waals surface area (Å²) in [4.78, 5) is 6.80. The molecule has 0 unspecified atom stereocenters. The first kappa shape index (κ1) is 22.0. The van der Waals surface area contributed by atoms with E-state index in [-0.39, 0.29) is 0 Å². The highest BCUT2D eigenvalue weighted by atomic mass is 32.2. The first-order chi connectivity index (χ1) is 16.5. The highest BCUT2D eigenvalue weighted by Crippen LogP contribution is 2.43. The molecule has 4 aromatic heterocycles. The molecule has 0 spiro atoms. The van der Waals surface area contributed by atoms with Gasteiger partial charge in [-0.05, 0) is 67.2 Å². The number of thiophene rings is 1. The third kappa shape index (κ3) is 4.31. The Labute approximate surface area is 207 Å². The number of hydrogen-bond acceptors (Lipinski definition) is 8. The van der Waals surface area contributed by atoms with Gasteiger partial charge in [0.15, 0.2) is 11.0 Å². The van der Waals surface area contributed by atoms with Gasteiger partial charge in [-0.1, -0.05) is 32.5 Å². The molecule has 176 valence electrons. The summed E-state index contributed by atoms with van der Waals surface area (Å²) in [5, 5.41) is 18.5. The van der Waals surface area contributed by atoms with Crippen LogP contribution in [-0.2, 0) is 18.6 Å². The van der Waals surface area contributed by atoms with Crippen molar-refractivity contribution in [1.29, 1.82) is 0 Å². The molecule has 0 radical (unpaired) electrons. The largest absolute Gasteiger partial charge is 0.419 e. The fraction of sp³-hybridized carbons (Fsp3) is 0.480. The highest BCUT2D eigenvalue weighted by Gasteiger charge is 2.32. The monoisotopic (exact) mass is 492 g/mol. The molecule has 9 heteroatoms. The summed E-state index contributed by atoms with van der Waals surface area (Å²) in [6.45, 7) is 7.05. The van der Waals surface area contributed by atoms with Gasteiger partial charge in [0, 0.05) is 28.9 Å². The molecule has 0 saturated heterocycles. The Morgan fingerprint density at radius 3 is 2.79 bits per heavy atom. The summed E-state index contributed by atoms with van der Waals surface area (Å²) in [6.07, 6.45) is 9.47. The van der Waals surface area contributed by atoms with Crippen LogP contribution >= 0.6 is 23.1 Å². The van der Waals surface area contributed by atoms with Crippen LogP contribution in [0.1, 0.15) is 62.4 Å². The van der Waals surface area contributed by atoms with Gasteiger partial charge in [-0.15, -0.1) is 31.7 Å². The van der Waals surface area contributed by atoms with E-state index in [4.69, 9.17) is 4.42 Å². The topological polar surface area (TPSA) is 82.5 Å². The molecule has 0 aromatic carbocycles. The van der Waals surface area contributed by atoms with E-state index < -0.39 is 0 Å². The molecular weight excluding hydrogens is 464 g/mol. The molecule has 1 fully saturated rings. The Bertz CT molecular complexity index is 1300. The van der Waals surface area contributed by atoms with E-state index in [2.05, 4.69) is 56.8 Å². The van der Waals surface area contributed by atoms with Gasteiger partial charge >= 0.3 is 0 Å². The van der Waals surface area contributed by atoms with Crippen molar-refractivity contribution in [3.8, 4) is 22.2 Å². The van der Waals surface area contributed by atoms with Crippen molar-refractivity contribution in [2.45, 2.75) is 69.8 Å².